The largest absolute Gasteiger partial charge is 0.316 e. The number of thiophene rings is 1. The fourth-order valence-corrected chi connectivity index (χ4v) is 2.33. The van der Waals surface area contributed by atoms with Crippen LogP contribution in [-0.2, 0) is 6.42 Å². The van der Waals surface area contributed by atoms with Crippen molar-refractivity contribution < 1.29 is 0 Å². The average molecular weight is 225 g/mol. The van der Waals surface area contributed by atoms with Crippen LogP contribution >= 0.6 is 23.1 Å². The standard InChI is InChI=1S/C11H15NS2/c1-2-8-13-10-7-12-6-5-11-4-3-9-14-11/h1,3-4,9,12H,5-8,10H2. The van der Waals surface area contributed by atoms with Crippen molar-refractivity contribution >= 4 is 23.1 Å². The number of terminal acetylenes is 1. The first-order valence-corrected chi connectivity index (χ1v) is 6.71. The van der Waals surface area contributed by atoms with Gasteiger partial charge in [0.05, 0.1) is 5.75 Å². The van der Waals surface area contributed by atoms with Crippen LogP contribution < -0.4 is 5.32 Å². The molecule has 1 heterocycles. The van der Waals surface area contributed by atoms with E-state index < -0.39 is 0 Å². The second kappa shape index (κ2) is 7.93. The molecule has 0 aliphatic rings. The van der Waals surface area contributed by atoms with Gasteiger partial charge in [0.2, 0.25) is 0 Å². The molecule has 0 bridgehead atoms. The highest BCUT2D eigenvalue weighted by atomic mass is 32.2. The van der Waals surface area contributed by atoms with Crippen molar-refractivity contribution in [3.8, 4) is 12.3 Å². The zero-order valence-electron chi connectivity index (χ0n) is 8.16. The fraction of sp³-hybridized carbons (Fsp3) is 0.455. The van der Waals surface area contributed by atoms with Gasteiger partial charge < -0.3 is 5.32 Å². The van der Waals surface area contributed by atoms with Crippen LogP contribution in [0.5, 0.6) is 0 Å². The smallest absolute Gasteiger partial charge is 0.0545 e. The number of rotatable bonds is 7. The van der Waals surface area contributed by atoms with Crippen LogP contribution in [0.4, 0.5) is 0 Å². The minimum Gasteiger partial charge on any atom is -0.316 e. The van der Waals surface area contributed by atoms with Crippen LogP contribution in [0.1, 0.15) is 4.88 Å². The number of hydrogen-bond acceptors (Lipinski definition) is 3. The highest BCUT2D eigenvalue weighted by molar-refractivity contribution is 7.99. The minimum atomic E-state index is 0.826. The molecule has 0 amide bonds. The molecule has 1 aromatic rings. The summed E-state index contributed by atoms with van der Waals surface area (Å²) < 4.78 is 0. The molecule has 0 aromatic carbocycles. The summed E-state index contributed by atoms with van der Waals surface area (Å²) in [6.07, 6.45) is 6.28. The van der Waals surface area contributed by atoms with Gasteiger partial charge in [-0.05, 0) is 24.4 Å². The SMILES string of the molecule is C#CCSCCNCCc1cccs1. The van der Waals surface area contributed by atoms with Gasteiger partial charge in [0.15, 0.2) is 0 Å². The average Bonchev–Trinajstić information content (AvgIpc) is 2.69. The highest BCUT2D eigenvalue weighted by Gasteiger charge is 1.92. The van der Waals surface area contributed by atoms with E-state index in [1.54, 1.807) is 11.8 Å². The van der Waals surface area contributed by atoms with E-state index in [1.807, 2.05) is 11.3 Å². The van der Waals surface area contributed by atoms with Crippen LogP contribution in [0.25, 0.3) is 0 Å². The van der Waals surface area contributed by atoms with Crippen LogP contribution in [-0.4, -0.2) is 24.6 Å². The first-order chi connectivity index (χ1) is 6.93. The Labute approximate surface area is 94.3 Å². The normalized spacial score (nSPS) is 9.93. The van der Waals surface area contributed by atoms with E-state index in [9.17, 15) is 0 Å². The van der Waals surface area contributed by atoms with Crippen molar-refractivity contribution in [3.63, 3.8) is 0 Å². The first-order valence-electron chi connectivity index (χ1n) is 4.68. The lowest BCUT2D eigenvalue weighted by atomic mass is 10.3. The monoisotopic (exact) mass is 225 g/mol. The molecular formula is C11H15NS2. The van der Waals surface area contributed by atoms with Crippen molar-refractivity contribution in [3.05, 3.63) is 22.4 Å². The topological polar surface area (TPSA) is 12.0 Å². The summed E-state index contributed by atoms with van der Waals surface area (Å²) >= 11 is 3.63. The summed E-state index contributed by atoms with van der Waals surface area (Å²) in [5, 5.41) is 5.52. The van der Waals surface area contributed by atoms with Gasteiger partial charge in [0.1, 0.15) is 0 Å². The first kappa shape index (κ1) is 11.6. The summed E-state index contributed by atoms with van der Waals surface area (Å²) in [6.45, 7) is 2.12. The molecule has 0 atom stereocenters. The van der Waals surface area contributed by atoms with E-state index in [-0.39, 0.29) is 0 Å². The number of thioether (sulfide) groups is 1. The van der Waals surface area contributed by atoms with Gasteiger partial charge in [-0.1, -0.05) is 12.0 Å². The van der Waals surface area contributed by atoms with Gasteiger partial charge in [-0.25, -0.2) is 0 Å². The van der Waals surface area contributed by atoms with Crippen molar-refractivity contribution in [1.82, 2.24) is 5.32 Å². The van der Waals surface area contributed by atoms with Crippen molar-refractivity contribution in [2.24, 2.45) is 0 Å². The number of hydrogen-bond donors (Lipinski definition) is 1. The van der Waals surface area contributed by atoms with E-state index in [4.69, 9.17) is 6.42 Å². The lowest BCUT2D eigenvalue weighted by Gasteiger charge is -2.01. The fourth-order valence-electron chi connectivity index (χ4n) is 1.07. The molecule has 0 saturated carbocycles. The van der Waals surface area contributed by atoms with E-state index >= 15 is 0 Å². The predicted octanol–water partition coefficient (Wildman–Crippen LogP) is 2.25. The summed E-state index contributed by atoms with van der Waals surface area (Å²) in [5.41, 5.74) is 0. The Kier molecular flexibility index (Phi) is 6.59. The zero-order chi connectivity index (χ0) is 10.1. The summed E-state index contributed by atoms with van der Waals surface area (Å²) in [4.78, 5) is 1.45. The van der Waals surface area contributed by atoms with E-state index in [0.29, 0.717) is 0 Å². The molecule has 0 saturated heterocycles. The summed E-state index contributed by atoms with van der Waals surface area (Å²) in [6, 6.07) is 4.28. The molecule has 1 nitrogen and oxygen atoms in total. The third-order valence-electron chi connectivity index (χ3n) is 1.74. The Balaban J connectivity index is 1.88. The second-order valence-electron chi connectivity index (χ2n) is 2.84. The van der Waals surface area contributed by atoms with Crippen molar-refractivity contribution in [2.45, 2.75) is 6.42 Å². The van der Waals surface area contributed by atoms with Crippen molar-refractivity contribution in [2.75, 3.05) is 24.6 Å². The molecule has 0 fully saturated rings. The third-order valence-corrected chi connectivity index (χ3v) is 3.54. The Morgan fingerprint density at radius 1 is 1.50 bits per heavy atom. The van der Waals surface area contributed by atoms with Gasteiger partial charge in [-0.2, -0.15) is 0 Å². The van der Waals surface area contributed by atoms with Gasteiger partial charge in [0, 0.05) is 17.2 Å². The van der Waals surface area contributed by atoms with Crippen LogP contribution in [0.2, 0.25) is 0 Å². The van der Waals surface area contributed by atoms with Gasteiger partial charge >= 0.3 is 0 Å². The predicted molar refractivity (Wildman–Crippen MR) is 67.1 cm³/mol. The van der Waals surface area contributed by atoms with E-state index in [1.165, 1.54) is 4.88 Å². The summed E-state index contributed by atoms with van der Waals surface area (Å²) in [7, 11) is 0. The third kappa shape index (κ3) is 5.33. The van der Waals surface area contributed by atoms with Crippen LogP contribution in [0.3, 0.4) is 0 Å². The van der Waals surface area contributed by atoms with Gasteiger partial charge in [-0.15, -0.1) is 29.5 Å². The molecule has 1 rings (SSSR count). The Hall–Kier alpha value is -0.430. The highest BCUT2D eigenvalue weighted by Crippen LogP contribution is 2.07. The van der Waals surface area contributed by atoms with Crippen LogP contribution in [0.15, 0.2) is 17.5 Å². The quantitative estimate of drug-likeness (QED) is 0.564. The lowest BCUT2D eigenvalue weighted by Crippen LogP contribution is -2.19. The van der Waals surface area contributed by atoms with Gasteiger partial charge in [0.25, 0.3) is 0 Å². The molecule has 0 aliphatic heterocycles. The molecule has 0 unspecified atom stereocenters. The maximum Gasteiger partial charge on any atom is 0.0545 e. The van der Waals surface area contributed by atoms with Gasteiger partial charge in [-0.3, -0.25) is 0 Å². The second-order valence-corrected chi connectivity index (χ2v) is 4.97. The molecule has 1 aromatic heterocycles. The minimum absolute atomic E-state index is 0.826. The molecule has 0 aliphatic carbocycles. The summed E-state index contributed by atoms with van der Waals surface area (Å²) in [5.74, 6) is 4.55. The van der Waals surface area contributed by atoms with E-state index in [2.05, 4.69) is 28.8 Å². The zero-order valence-corrected chi connectivity index (χ0v) is 9.79. The molecule has 3 heteroatoms. The molecule has 14 heavy (non-hydrogen) atoms. The molecule has 1 N–H and O–H groups in total. The Morgan fingerprint density at radius 2 is 2.43 bits per heavy atom. The number of nitrogens with one attached hydrogen (secondary N) is 1. The Morgan fingerprint density at radius 3 is 3.14 bits per heavy atom. The molecule has 76 valence electrons. The van der Waals surface area contributed by atoms with E-state index in [0.717, 1.165) is 31.0 Å². The van der Waals surface area contributed by atoms with Crippen LogP contribution in [0, 0.1) is 12.3 Å². The molecule has 0 radical (unpaired) electrons. The van der Waals surface area contributed by atoms with Crippen molar-refractivity contribution in [1.29, 1.82) is 0 Å². The molecular weight excluding hydrogens is 210 g/mol. The lowest BCUT2D eigenvalue weighted by molar-refractivity contribution is 0.726. The maximum absolute atomic E-state index is 5.14. The molecule has 0 spiro atoms. The maximum atomic E-state index is 5.14. The Bertz CT molecular complexity index is 261.